The van der Waals surface area contributed by atoms with E-state index in [1.807, 2.05) is 12.3 Å². The zero-order valence-electron chi connectivity index (χ0n) is 13.1. The van der Waals surface area contributed by atoms with E-state index in [4.69, 9.17) is 0 Å². The molecule has 0 bridgehead atoms. The Kier molecular flexibility index (Phi) is 3.58. The molecule has 0 amide bonds. The van der Waals surface area contributed by atoms with E-state index in [-0.39, 0.29) is 5.82 Å². The lowest BCUT2D eigenvalue weighted by molar-refractivity contribution is 0.453. The topological polar surface area (TPSA) is 53.6 Å². The molecule has 0 unspecified atom stereocenters. The number of rotatable bonds is 2. The molecule has 0 atom stereocenters. The van der Waals surface area contributed by atoms with Crippen molar-refractivity contribution in [2.24, 2.45) is 0 Å². The quantitative estimate of drug-likeness (QED) is 0.761. The van der Waals surface area contributed by atoms with Crippen LogP contribution in [0.5, 0.6) is 0 Å². The molecule has 1 saturated heterocycles. The van der Waals surface area contributed by atoms with Crippen molar-refractivity contribution >= 4 is 11.0 Å². The zero-order chi connectivity index (χ0) is 15.8. The summed E-state index contributed by atoms with van der Waals surface area (Å²) >= 11 is 0. The maximum absolute atomic E-state index is 13.6. The highest BCUT2D eigenvalue weighted by Gasteiger charge is 2.16. The molecule has 4 rings (SSSR count). The van der Waals surface area contributed by atoms with E-state index < -0.39 is 0 Å². The molecule has 0 saturated carbocycles. The number of H-pyrrole nitrogens is 1. The summed E-state index contributed by atoms with van der Waals surface area (Å²) < 4.78 is 13.6. The number of nitrogens with zero attached hydrogens (tertiary/aromatic N) is 2. The van der Waals surface area contributed by atoms with Gasteiger partial charge in [0.1, 0.15) is 11.6 Å². The average molecular weight is 310 g/mol. The van der Waals surface area contributed by atoms with Crippen LogP contribution in [0.3, 0.4) is 0 Å². The van der Waals surface area contributed by atoms with Gasteiger partial charge in [-0.3, -0.25) is 4.98 Å². The van der Waals surface area contributed by atoms with Gasteiger partial charge >= 0.3 is 0 Å². The van der Waals surface area contributed by atoms with E-state index in [9.17, 15) is 4.39 Å². The standard InChI is InChI=1S/C18H19FN4/c1-11-8-16-17(9-14(11)19)23-18(22-16)13-2-3-15(21-10-13)12-4-6-20-7-5-12/h2-3,8-10,12,20H,4-7H2,1H3,(H,22,23). The Morgan fingerprint density at radius 1 is 1.17 bits per heavy atom. The van der Waals surface area contributed by atoms with Gasteiger partial charge in [0.25, 0.3) is 0 Å². The summed E-state index contributed by atoms with van der Waals surface area (Å²) in [5, 5.41) is 3.37. The summed E-state index contributed by atoms with van der Waals surface area (Å²) in [6.45, 7) is 3.87. The first kappa shape index (κ1) is 14.3. The molecule has 0 spiro atoms. The lowest BCUT2D eigenvalue weighted by atomic mass is 9.94. The number of nitrogens with one attached hydrogen (secondary N) is 2. The van der Waals surface area contributed by atoms with Crippen LogP contribution in [0.4, 0.5) is 4.39 Å². The molecule has 1 aromatic carbocycles. The molecule has 2 aromatic heterocycles. The maximum Gasteiger partial charge on any atom is 0.140 e. The highest BCUT2D eigenvalue weighted by molar-refractivity contribution is 5.80. The highest BCUT2D eigenvalue weighted by atomic mass is 19.1. The summed E-state index contributed by atoms with van der Waals surface area (Å²) in [5.41, 5.74) is 4.18. The van der Waals surface area contributed by atoms with Crippen molar-refractivity contribution in [2.45, 2.75) is 25.7 Å². The van der Waals surface area contributed by atoms with Crippen LogP contribution >= 0.6 is 0 Å². The fourth-order valence-corrected chi connectivity index (χ4v) is 3.18. The molecule has 23 heavy (non-hydrogen) atoms. The number of halogens is 1. The number of aromatic nitrogens is 3. The Bertz CT molecular complexity index is 793. The number of piperidine rings is 1. The second-order valence-corrected chi connectivity index (χ2v) is 6.20. The van der Waals surface area contributed by atoms with Gasteiger partial charge < -0.3 is 10.3 Å². The summed E-state index contributed by atoms with van der Waals surface area (Å²) in [5.74, 6) is 1.04. The van der Waals surface area contributed by atoms with Gasteiger partial charge in [-0.15, -0.1) is 0 Å². The van der Waals surface area contributed by atoms with E-state index in [1.54, 1.807) is 13.0 Å². The van der Waals surface area contributed by atoms with Crippen molar-refractivity contribution in [3.63, 3.8) is 0 Å². The Hall–Kier alpha value is -2.27. The lowest BCUT2D eigenvalue weighted by Crippen LogP contribution is -2.26. The largest absolute Gasteiger partial charge is 0.338 e. The number of benzene rings is 1. The van der Waals surface area contributed by atoms with Gasteiger partial charge in [-0.05, 0) is 56.6 Å². The molecule has 1 fully saturated rings. The summed E-state index contributed by atoms with van der Waals surface area (Å²) in [6, 6.07) is 7.40. The minimum absolute atomic E-state index is 0.227. The van der Waals surface area contributed by atoms with Crippen LogP contribution in [0, 0.1) is 12.7 Å². The van der Waals surface area contributed by atoms with Gasteiger partial charge in [0.15, 0.2) is 0 Å². The van der Waals surface area contributed by atoms with E-state index in [0.717, 1.165) is 48.5 Å². The number of hydrogen-bond acceptors (Lipinski definition) is 3. The number of fused-ring (bicyclic) bond motifs is 1. The van der Waals surface area contributed by atoms with Crippen molar-refractivity contribution in [1.29, 1.82) is 0 Å². The van der Waals surface area contributed by atoms with Crippen molar-refractivity contribution in [1.82, 2.24) is 20.3 Å². The third-order valence-electron chi connectivity index (χ3n) is 4.58. The van der Waals surface area contributed by atoms with Crippen molar-refractivity contribution < 1.29 is 4.39 Å². The monoisotopic (exact) mass is 310 g/mol. The molecule has 1 aliphatic heterocycles. The molecule has 0 aliphatic carbocycles. The molecule has 3 heterocycles. The minimum atomic E-state index is -0.227. The normalized spacial score (nSPS) is 16.1. The molecule has 5 heteroatoms. The van der Waals surface area contributed by atoms with Crippen LogP contribution in [-0.2, 0) is 0 Å². The van der Waals surface area contributed by atoms with Crippen molar-refractivity contribution in [3.8, 4) is 11.4 Å². The van der Waals surface area contributed by atoms with Crippen LogP contribution in [0.1, 0.15) is 30.0 Å². The van der Waals surface area contributed by atoms with Crippen LogP contribution in [-0.4, -0.2) is 28.0 Å². The average Bonchev–Trinajstić information content (AvgIpc) is 2.99. The second kappa shape index (κ2) is 5.74. The minimum Gasteiger partial charge on any atom is -0.338 e. The maximum atomic E-state index is 13.6. The third kappa shape index (κ3) is 2.72. The van der Waals surface area contributed by atoms with E-state index in [0.29, 0.717) is 17.0 Å². The molecule has 4 nitrogen and oxygen atoms in total. The Morgan fingerprint density at radius 2 is 2.00 bits per heavy atom. The fourth-order valence-electron chi connectivity index (χ4n) is 3.18. The predicted octanol–water partition coefficient (Wildman–Crippen LogP) is 3.54. The van der Waals surface area contributed by atoms with Crippen molar-refractivity contribution in [3.05, 3.63) is 47.5 Å². The van der Waals surface area contributed by atoms with Gasteiger partial charge in [-0.2, -0.15) is 0 Å². The Labute approximate surface area is 134 Å². The van der Waals surface area contributed by atoms with Gasteiger partial charge in [0.2, 0.25) is 0 Å². The second-order valence-electron chi connectivity index (χ2n) is 6.20. The van der Waals surface area contributed by atoms with Crippen LogP contribution in [0.2, 0.25) is 0 Å². The molecule has 118 valence electrons. The SMILES string of the molecule is Cc1cc2[nH]c(-c3ccc(C4CCNCC4)nc3)nc2cc1F. The molecule has 0 radical (unpaired) electrons. The molecule has 3 aromatic rings. The molecule has 2 N–H and O–H groups in total. The molecular weight excluding hydrogens is 291 g/mol. The van der Waals surface area contributed by atoms with Gasteiger partial charge in [0.05, 0.1) is 11.0 Å². The smallest absolute Gasteiger partial charge is 0.140 e. The van der Waals surface area contributed by atoms with Gasteiger partial charge in [-0.25, -0.2) is 9.37 Å². The van der Waals surface area contributed by atoms with Crippen molar-refractivity contribution in [2.75, 3.05) is 13.1 Å². The molecular formula is C18H19FN4. The predicted molar refractivity (Wildman–Crippen MR) is 88.9 cm³/mol. The van der Waals surface area contributed by atoms with E-state index in [1.165, 1.54) is 6.07 Å². The first-order valence-corrected chi connectivity index (χ1v) is 8.03. The summed E-state index contributed by atoms with van der Waals surface area (Å²) in [4.78, 5) is 12.4. The van der Waals surface area contributed by atoms with Gasteiger partial charge in [-0.1, -0.05) is 0 Å². The Morgan fingerprint density at radius 3 is 2.74 bits per heavy atom. The first-order valence-electron chi connectivity index (χ1n) is 8.03. The zero-order valence-corrected chi connectivity index (χ0v) is 13.1. The van der Waals surface area contributed by atoms with E-state index in [2.05, 4.69) is 26.3 Å². The number of imidazole rings is 1. The number of hydrogen-bond donors (Lipinski definition) is 2. The number of aryl methyl sites for hydroxylation is 1. The summed E-state index contributed by atoms with van der Waals surface area (Å²) in [6.07, 6.45) is 4.13. The fraction of sp³-hybridized carbons (Fsp3) is 0.333. The van der Waals surface area contributed by atoms with Crippen LogP contribution in [0.15, 0.2) is 30.5 Å². The highest BCUT2D eigenvalue weighted by Crippen LogP contribution is 2.26. The lowest BCUT2D eigenvalue weighted by Gasteiger charge is -2.22. The first-order chi connectivity index (χ1) is 11.2. The third-order valence-corrected chi connectivity index (χ3v) is 4.58. The van der Waals surface area contributed by atoms with Crippen LogP contribution < -0.4 is 5.32 Å². The molecule has 1 aliphatic rings. The summed E-state index contributed by atoms with van der Waals surface area (Å²) in [7, 11) is 0. The number of pyridine rings is 1. The van der Waals surface area contributed by atoms with E-state index >= 15 is 0 Å². The van der Waals surface area contributed by atoms with Gasteiger partial charge in [0, 0.05) is 29.4 Å². The Balaban J connectivity index is 1.65. The number of aromatic amines is 1. The van der Waals surface area contributed by atoms with Crippen LogP contribution in [0.25, 0.3) is 22.4 Å².